The van der Waals surface area contributed by atoms with Gasteiger partial charge in [0, 0.05) is 31.9 Å². The van der Waals surface area contributed by atoms with Gasteiger partial charge in [0.2, 0.25) is 5.91 Å². The number of amides is 1. The Hall–Kier alpha value is -1.89. The minimum Gasteiger partial charge on any atom is -0.379 e. The lowest BCUT2D eigenvalue weighted by atomic mass is 10.1. The minimum atomic E-state index is -0.238. The Balaban J connectivity index is 1.35. The summed E-state index contributed by atoms with van der Waals surface area (Å²) in [6.07, 6.45) is 0. The summed E-state index contributed by atoms with van der Waals surface area (Å²) in [5.41, 5.74) is 3.39. The summed E-state index contributed by atoms with van der Waals surface area (Å²) in [5, 5.41) is 2.95. The number of nitrogens with zero attached hydrogens (tertiary/aromatic N) is 1. The van der Waals surface area contributed by atoms with E-state index in [0.717, 1.165) is 44.0 Å². The van der Waals surface area contributed by atoms with Crippen molar-refractivity contribution in [1.29, 1.82) is 0 Å². The summed E-state index contributed by atoms with van der Waals surface area (Å²) in [6, 6.07) is 14.8. The molecule has 144 valence electrons. The van der Waals surface area contributed by atoms with Crippen LogP contribution in [-0.2, 0) is 28.4 Å². The van der Waals surface area contributed by atoms with Crippen LogP contribution in [-0.4, -0.2) is 42.9 Å². The van der Waals surface area contributed by atoms with E-state index < -0.39 is 0 Å². The lowest BCUT2D eigenvalue weighted by molar-refractivity contribution is -0.118. The van der Waals surface area contributed by atoms with E-state index >= 15 is 0 Å². The molecule has 2 aromatic rings. The highest BCUT2D eigenvalue weighted by Gasteiger charge is 2.10. The Morgan fingerprint density at radius 1 is 1.00 bits per heavy atom. The molecule has 1 saturated heterocycles. The van der Waals surface area contributed by atoms with Gasteiger partial charge in [-0.2, -0.15) is 0 Å². The first-order valence-corrected chi connectivity index (χ1v) is 10.3. The van der Waals surface area contributed by atoms with E-state index in [-0.39, 0.29) is 11.7 Å². The molecule has 0 spiro atoms. The minimum absolute atomic E-state index is 0.0134. The van der Waals surface area contributed by atoms with Gasteiger partial charge in [0.05, 0.1) is 19.0 Å². The molecular formula is C21H25FN2O2S. The third-order valence-electron chi connectivity index (χ3n) is 4.44. The molecule has 1 aliphatic rings. The highest BCUT2D eigenvalue weighted by atomic mass is 32.2. The molecule has 1 amide bonds. The Labute approximate surface area is 164 Å². The van der Waals surface area contributed by atoms with Gasteiger partial charge in [-0.15, -0.1) is 11.8 Å². The number of nitrogens with one attached hydrogen (secondary N) is 1. The van der Waals surface area contributed by atoms with Crippen LogP contribution in [0.15, 0.2) is 48.5 Å². The van der Waals surface area contributed by atoms with E-state index in [0.29, 0.717) is 18.1 Å². The van der Waals surface area contributed by atoms with Crippen molar-refractivity contribution in [3.8, 4) is 0 Å². The average Bonchev–Trinajstić information content (AvgIpc) is 2.70. The lowest BCUT2D eigenvalue weighted by Gasteiger charge is -2.26. The van der Waals surface area contributed by atoms with Crippen molar-refractivity contribution in [2.24, 2.45) is 0 Å². The number of benzene rings is 2. The third-order valence-corrected chi connectivity index (χ3v) is 5.44. The van der Waals surface area contributed by atoms with E-state index in [2.05, 4.69) is 34.5 Å². The Kier molecular flexibility index (Phi) is 7.68. The van der Waals surface area contributed by atoms with Crippen LogP contribution < -0.4 is 5.32 Å². The van der Waals surface area contributed by atoms with Crippen LogP contribution in [0.5, 0.6) is 0 Å². The lowest BCUT2D eigenvalue weighted by Crippen LogP contribution is -2.35. The van der Waals surface area contributed by atoms with Crippen molar-refractivity contribution < 1.29 is 13.9 Å². The Morgan fingerprint density at radius 2 is 1.63 bits per heavy atom. The SMILES string of the molecule is O=C(CSCc1ccc(F)cc1)NCc1ccc(CN2CCOCC2)cc1. The molecule has 3 rings (SSSR count). The number of rotatable bonds is 8. The van der Waals surface area contributed by atoms with Gasteiger partial charge in [-0.3, -0.25) is 9.69 Å². The fourth-order valence-electron chi connectivity index (χ4n) is 2.87. The summed E-state index contributed by atoms with van der Waals surface area (Å²) in [5.74, 6) is 0.869. The smallest absolute Gasteiger partial charge is 0.230 e. The predicted molar refractivity (Wildman–Crippen MR) is 107 cm³/mol. The van der Waals surface area contributed by atoms with Crippen LogP contribution >= 0.6 is 11.8 Å². The highest BCUT2D eigenvalue weighted by Crippen LogP contribution is 2.13. The number of halogens is 1. The van der Waals surface area contributed by atoms with Gasteiger partial charge in [0.15, 0.2) is 0 Å². The molecule has 1 aliphatic heterocycles. The number of hydrogen-bond donors (Lipinski definition) is 1. The molecule has 2 aromatic carbocycles. The van der Waals surface area contributed by atoms with E-state index in [9.17, 15) is 9.18 Å². The predicted octanol–water partition coefficient (Wildman–Crippen LogP) is 3.21. The number of ether oxygens (including phenoxy) is 1. The van der Waals surface area contributed by atoms with Crippen molar-refractivity contribution in [2.75, 3.05) is 32.1 Å². The van der Waals surface area contributed by atoms with Gasteiger partial charge in [0.25, 0.3) is 0 Å². The molecule has 0 unspecified atom stereocenters. The number of morpholine rings is 1. The van der Waals surface area contributed by atoms with E-state index in [1.54, 1.807) is 12.1 Å². The molecule has 0 radical (unpaired) electrons. The molecule has 27 heavy (non-hydrogen) atoms. The number of carbonyl (C=O) groups excluding carboxylic acids is 1. The molecular weight excluding hydrogens is 363 g/mol. The van der Waals surface area contributed by atoms with E-state index in [1.807, 2.05) is 0 Å². The van der Waals surface area contributed by atoms with E-state index in [1.165, 1.54) is 29.5 Å². The topological polar surface area (TPSA) is 41.6 Å². The molecule has 0 saturated carbocycles. The van der Waals surface area contributed by atoms with Crippen molar-refractivity contribution in [3.63, 3.8) is 0 Å². The Morgan fingerprint density at radius 3 is 2.33 bits per heavy atom. The largest absolute Gasteiger partial charge is 0.379 e. The number of thioether (sulfide) groups is 1. The molecule has 1 fully saturated rings. The number of carbonyl (C=O) groups is 1. The molecule has 0 atom stereocenters. The molecule has 1 heterocycles. The van der Waals surface area contributed by atoms with Crippen LogP contribution in [0.3, 0.4) is 0 Å². The average molecular weight is 389 g/mol. The first-order valence-electron chi connectivity index (χ1n) is 9.16. The maximum atomic E-state index is 12.9. The fraction of sp³-hybridized carbons (Fsp3) is 0.381. The summed E-state index contributed by atoms with van der Waals surface area (Å²) in [7, 11) is 0. The molecule has 0 bridgehead atoms. The molecule has 0 aliphatic carbocycles. The first kappa shape index (κ1) is 19.9. The summed E-state index contributed by atoms with van der Waals surface area (Å²) in [6.45, 7) is 5.05. The number of hydrogen-bond acceptors (Lipinski definition) is 4. The zero-order chi connectivity index (χ0) is 18.9. The van der Waals surface area contributed by atoms with Gasteiger partial charge in [-0.1, -0.05) is 36.4 Å². The van der Waals surface area contributed by atoms with Gasteiger partial charge in [-0.25, -0.2) is 4.39 Å². The maximum Gasteiger partial charge on any atom is 0.230 e. The van der Waals surface area contributed by atoms with Crippen molar-refractivity contribution >= 4 is 17.7 Å². The third kappa shape index (κ3) is 6.97. The standard InChI is InChI=1S/C21H25FN2O2S/c22-20-7-5-19(6-8-20)15-27-16-21(25)23-13-17-1-3-18(4-2-17)14-24-9-11-26-12-10-24/h1-8H,9-16H2,(H,23,25). The van der Waals surface area contributed by atoms with Crippen molar-refractivity contribution in [3.05, 3.63) is 71.0 Å². The van der Waals surface area contributed by atoms with Gasteiger partial charge >= 0.3 is 0 Å². The van der Waals surface area contributed by atoms with Crippen molar-refractivity contribution in [1.82, 2.24) is 10.2 Å². The zero-order valence-corrected chi connectivity index (χ0v) is 16.1. The second kappa shape index (κ2) is 10.4. The van der Waals surface area contributed by atoms with Gasteiger partial charge < -0.3 is 10.1 Å². The second-order valence-corrected chi connectivity index (χ2v) is 7.59. The Bertz CT molecular complexity index is 716. The van der Waals surface area contributed by atoms with Gasteiger partial charge in [0.1, 0.15) is 5.82 Å². The van der Waals surface area contributed by atoms with Crippen molar-refractivity contribution in [2.45, 2.75) is 18.8 Å². The van der Waals surface area contributed by atoms with Crippen LogP contribution in [0.4, 0.5) is 4.39 Å². The normalized spacial score (nSPS) is 14.9. The summed E-state index contributed by atoms with van der Waals surface area (Å²) >= 11 is 1.53. The van der Waals surface area contributed by atoms with Crippen LogP contribution in [0.2, 0.25) is 0 Å². The second-order valence-electron chi connectivity index (χ2n) is 6.60. The quantitative estimate of drug-likeness (QED) is 0.754. The van der Waals surface area contributed by atoms with E-state index in [4.69, 9.17) is 4.74 Å². The molecule has 0 aromatic heterocycles. The van der Waals surface area contributed by atoms with Gasteiger partial charge in [-0.05, 0) is 28.8 Å². The fourth-order valence-corrected chi connectivity index (χ4v) is 3.69. The summed E-state index contributed by atoms with van der Waals surface area (Å²) in [4.78, 5) is 14.4. The summed E-state index contributed by atoms with van der Waals surface area (Å²) < 4.78 is 18.2. The molecule has 4 nitrogen and oxygen atoms in total. The molecule has 6 heteroatoms. The molecule has 1 N–H and O–H groups in total. The van der Waals surface area contributed by atoms with Crippen LogP contribution in [0.1, 0.15) is 16.7 Å². The monoisotopic (exact) mass is 388 g/mol. The van der Waals surface area contributed by atoms with Crippen LogP contribution in [0.25, 0.3) is 0 Å². The highest BCUT2D eigenvalue weighted by molar-refractivity contribution is 7.99. The van der Waals surface area contributed by atoms with Crippen LogP contribution in [0, 0.1) is 5.82 Å². The maximum absolute atomic E-state index is 12.9. The zero-order valence-electron chi connectivity index (χ0n) is 15.3. The first-order chi connectivity index (χ1) is 13.2.